The number of allylic oxidation sites excluding steroid dienone is 3. The van der Waals surface area contributed by atoms with Crippen LogP contribution in [0.5, 0.6) is 0 Å². The molecule has 1 heterocycles. The van der Waals surface area contributed by atoms with Gasteiger partial charge in [-0.15, -0.1) is 0 Å². The Morgan fingerprint density at radius 2 is 1.89 bits per heavy atom. The second kappa shape index (κ2) is 8.21. The summed E-state index contributed by atoms with van der Waals surface area (Å²) >= 11 is 12.5. The van der Waals surface area contributed by atoms with Crippen LogP contribution in [0.15, 0.2) is 71.8 Å². The SMILES string of the molecule is CC1C=CC=C(Cl)C1CNc1nc(Nc2cccc(Cl)c2)nc2ccccc12. The van der Waals surface area contributed by atoms with Gasteiger partial charge in [-0.25, -0.2) is 4.98 Å². The number of anilines is 3. The minimum atomic E-state index is 0.213. The van der Waals surface area contributed by atoms with E-state index < -0.39 is 0 Å². The fourth-order valence-corrected chi connectivity index (χ4v) is 3.82. The summed E-state index contributed by atoms with van der Waals surface area (Å²) in [5, 5.41) is 9.20. The highest BCUT2D eigenvalue weighted by molar-refractivity contribution is 6.31. The zero-order valence-corrected chi connectivity index (χ0v) is 16.9. The fraction of sp³-hybridized carbons (Fsp3) is 0.182. The number of nitrogens with zero attached hydrogens (tertiary/aromatic N) is 2. The Balaban J connectivity index is 1.63. The molecule has 2 N–H and O–H groups in total. The summed E-state index contributed by atoms with van der Waals surface area (Å²) in [6.07, 6.45) is 6.14. The van der Waals surface area contributed by atoms with Crippen LogP contribution < -0.4 is 10.6 Å². The molecule has 4 rings (SSSR count). The van der Waals surface area contributed by atoms with Crippen molar-refractivity contribution in [1.29, 1.82) is 0 Å². The quantitative estimate of drug-likeness (QED) is 0.511. The molecule has 0 spiro atoms. The zero-order valence-electron chi connectivity index (χ0n) is 15.4. The Morgan fingerprint density at radius 3 is 2.71 bits per heavy atom. The summed E-state index contributed by atoms with van der Waals surface area (Å²) < 4.78 is 0. The normalized spacial score (nSPS) is 18.8. The van der Waals surface area contributed by atoms with Crippen molar-refractivity contribution in [3.63, 3.8) is 0 Å². The van der Waals surface area contributed by atoms with Crippen molar-refractivity contribution in [2.24, 2.45) is 11.8 Å². The molecule has 0 saturated carbocycles. The van der Waals surface area contributed by atoms with E-state index in [2.05, 4.69) is 28.6 Å². The van der Waals surface area contributed by atoms with Crippen LogP contribution in [-0.2, 0) is 0 Å². The number of halogens is 2. The van der Waals surface area contributed by atoms with E-state index in [-0.39, 0.29) is 5.92 Å². The Morgan fingerprint density at radius 1 is 1.04 bits per heavy atom. The third kappa shape index (κ3) is 4.13. The van der Waals surface area contributed by atoms with Crippen molar-refractivity contribution in [2.75, 3.05) is 17.2 Å². The van der Waals surface area contributed by atoms with Gasteiger partial charge in [0.1, 0.15) is 5.82 Å². The van der Waals surface area contributed by atoms with Crippen LogP contribution in [0.3, 0.4) is 0 Å². The molecule has 1 aliphatic rings. The molecule has 2 aromatic carbocycles. The third-order valence-corrected chi connectivity index (χ3v) is 5.47. The maximum Gasteiger partial charge on any atom is 0.229 e. The molecular weight excluding hydrogens is 391 g/mol. The van der Waals surface area contributed by atoms with Gasteiger partial charge in [-0.05, 0) is 42.3 Å². The molecule has 3 aromatic rings. The van der Waals surface area contributed by atoms with Crippen molar-refractivity contribution < 1.29 is 0 Å². The first kappa shape index (κ1) is 18.8. The van der Waals surface area contributed by atoms with E-state index in [1.165, 1.54) is 0 Å². The lowest BCUT2D eigenvalue weighted by molar-refractivity contribution is 0.520. The van der Waals surface area contributed by atoms with Gasteiger partial charge in [-0.2, -0.15) is 4.98 Å². The molecule has 0 radical (unpaired) electrons. The summed E-state index contributed by atoms with van der Waals surface area (Å²) in [5.74, 6) is 1.87. The molecule has 2 atom stereocenters. The van der Waals surface area contributed by atoms with Crippen LogP contribution in [0.4, 0.5) is 17.5 Å². The molecule has 0 aliphatic heterocycles. The van der Waals surface area contributed by atoms with Crippen LogP contribution in [0.25, 0.3) is 10.9 Å². The minimum Gasteiger partial charge on any atom is -0.369 e. The topological polar surface area (TPSA) is 49.8 Å². The van der Waals surface area contributed by atoms with Crippen LogP contribution >= 0.6 is 23.2 Å². The highest BCUT2D eigenvalue weighted by Crippen LogP contribution is 2.30. The second-order valence-corrected chi connectivity index (χ2v) is 7.70. The van der Waals surface area contributed by atoms with E-state index in [1.54, 1.807) is 0 Å². The predicted octanol–water partition coefficient (Wildman–Crippen LogP) is 6.38. The first-order valence-electron chi connectivity index (χ1n) is 9.17. The lowest BCUT2D eigenvalue weighted by Crippen LogP contribution is -2.22. The molecule has 142 valence electrons. The van der Waals surface area contributed by atoms with Crippen molar-refractivity contribution in [3.05, 3.63) is 76.8 Å². The fourth-order valence-electron chi connectivity index (χ4n) is 3.28. The highest BCUT2D eigenvalue weighted by atomic mass is 35.5. The minimum absolute atomic E-state index is 0.213. The van der Waals surface area contributed by atoms with Crippen LogP contribution in [0.2, 0.25) is 5.02 Å². The molecular formula is C22H20Cl2N4. The van der Waals surface area contributed by atoms with Crippen LogP contribution in [0, 0.1) is 11.8 Å². The average Bonchev–Trinajstić information content (AvgIpc) is 2.67. The van der Waals surface area contributed by atoms with Crippen molar-refractivity contribution in [3.8, 4) is 0 Å². The van der Waals surface area contributed by atoms with Gasteiger partial charge in [-0.3, -0.25) is 0 Å². The van der Waals surface area contributed by atoms with E-state index in [0.29, 0.717) is 23.4 Å². The summed E-state index contributed by atoms with van der Waals surface area (Å²) in [7, 11) is 0. The zero-order chi connectivity index (χ0) is 19.5. The number of aromatic nitrogens is 2. The molecule has 6 heteroatoms. The molecule has 28 heavy (non-hydrogen) atoms. The summed E-state index contributed by atoms with van der Waals surface area (Å²) in [6.45, 7) is 2.86. The van der Waals surface area contributed by atoms with Crippen LogP contribution in [0.1, 0.15) is 6.92 Å². The van der Waals surface area contributed by atoms with Crippen molar-refractivity contribution in [2.45, 2.75) is 6.92 Å². The summed E-state index contributed by atoms with van der Waals surface area (Å²) in [5.41, 5.74) is 1.70. The first-order valence-corrected chi connectivity index (χ1v) is 9.93. The Labute approximate surface area is 174 Å². The van der Waals surface area contributed by atoms with Gasteiger partial charge >= 0.3 is 0 Å². The monoisotopic (exact) mass is 410 g/mol. The van der Waals surface area contributed by atoms with E-state index in [1.807, 2.05) is 60.7 Å². The maximum absolute atomic E-state index is 6.43. The smallest absolute Gasteiger partial charge is 0.229 e. The van der Waals surface area contributed by atoms with E-state index >= 15 is 0 Å². The molecule has 0 saturated heterocycles. The maximum atomic E-state index is 6.43. The van der Waals surface area contributed by atoms with Crippen molar-refractivity contribution >= 4 is 51.6 Å². The third-order valence-electron chi connectivity index (χ3n) is 4.83. The van der Waals surface area contributed by atoms with E-state index in [4.69, 9.17) is 28.2 Å². The Kier molecular flexibility index (Phi) is 5.51. The summed E-state index contributed by atoms with van der Waals surface area (Å²) in [6, 6.07) is 15.4. The lowest BCUT2D eigenvalue weighted by Gasteiger charge is -2.24. The van der Waals surface area contributed by atoms with Gasteiger partial charge in [0.25, 0.3) is 0 Å². The number of hydrogen-bond donors (Lipinski definition) is 2. The number of para-hydroxylation sites is 1. The Hall–Kier alpha value is -2.56. The van der Waals surface area contributed by atoms with Gasteiger partial charge in [0.15, 0.2) is 0 Å². The summed E-state index contributed by atoms with van der Waals surface area (Å²) in [4.78, 5) is 9.33. The van der Waals surface area contributed by atoms with Gasteiger partial charge in [-0.1, -0.05) is 60.5 Å². The molecule has 2 unspecified atom stereocenters. The second-order valence-electron chi connectivity index (χ2n) is 6.83. The van der Waals surface area contributed by atoms with Gasteiger partial charge < -0.3 is 10.6 Å². The average molecular weight is 411 g/mol. The molecule has 0 fully saturated rings. The molecule has 1 aromatic heterocycles. The number of benzene rings is 2. The number of rotatable bonds is 5. The Bertz CT molecular complexity index is 1060. The molecule has 0 bridgehead atoms. The highest BCUT2D eigenvalue weighted by Gasteiger charge is 2.21. The largest absolute Gasteiger partial charge is 0.369 e. The van der Waals surface area contributed by atoms with E-state index in [0.717, 1.165) is 27.4 Å². The standard InChI is InChI=1S/C22H20Cl2N4/c1-14-6-4-10-19(24)18(14)13-25-21-17-9-2-3-11-20(17)27-22(28-21)26-16-8-5-7-15(23)12-16/h2-12,14,18H,13H2,1H3,(H2,25,26,27,28). The van der Waals surface area contributed by atoms with Gasteiger partial charge in [0, 0.05) is 33.6 Å². The first-order chi connectivity index (χ1) is 13.6. The van der Waals surface area contributed by atoms with Crippen molar-refractivity contribution in [1.82, 2.24) is 9.97 Å². The number of nitrogens with one attached hydrogen (secondary N) is 2. The van der Waals surface area contributed by atoms with Gasteiger partial charge in [0.05, 0.1) is 5.52 Å². The lowest BCUT2D eigenvalue weighted by atomic mass is 9.89. The predicted molar refractivity (Wildman–Crippen MR) is 118 cm³/mol. The number of hydrogen-bond acceptors (Lipinski definition) is 4. The van der Waals surface area contributed by atoms with Crippen LogP contribution in [-0.4, -0.2) is 16.5 Å². The molecule has 4 nitrogen and oxygen atoms in total. The molecule has 1 aliphatic carbocycles. The van der Waals surface area contributed by atoms with E-state index in [9.17, 15) is 0 Å². The number of fused-ring (bicyclic) bond motifs is 1. The molecule has 0 amide bonds. The van der Waals surface area contributed by atoms with Gasteiger partial charge in [0.2, 0.25) is 5.95 Å².